The molecule has 2 aromatic rings. The molecule has 0 radical (unpaired) electrons. The van der Waals surface area contributed by atoms with Gasteiger partial charge in [0.25, 0.3) is 11.6 Å². The molecule has 1 N–H and O–H groups in total. The number of carbonyl (C=O) groups is 1. The van der Waals surface area contributed by atoms with E-state index in [1.54, 1.807) is 6.20 Å². The van der Waals surface area contributed by atoms with Crippen LogP contribution in [-0.2, 0) is 10.0 Å². The lowest BCUT2D eigenvalue weighted by Gasteiger charge is -2.34. The molecule has 1 saturated heterocycles. The maximum absolute atomic E-state index is 12.5. The molecule has 3 rings (SSSR count). The van der Waals surface area contributed by atoms with Crippen LogP contribution in [-0.4, -0.2) is 67.0 Å². The molecule has 29 heavy (non-hydrogen) atoms. The molecule has 0 unspecified atom stereocenters. The van der Waals surface area contributed by atoms with Crippen LogP contribution in [0.15, 0.2) is 48.7 Å². The minimum Gasteiger partial charge on any atom is -0.354 e. The molecule has 10 nitrogen and oxygen atoms in total. The van der Waals surface area contributed by atoms with Crippen LogP contribution >= 0.6 is 0 Å². The summed E-state index contributed by atoms with van der Waals surface area (Å²) in [5.41, 5.74) is -0.0865. The molecule has 0 atom stereocenters. The van der Waals surface area contributed by atoms with Gasteiger partial charge in [0.15, 0.2) is 0 Å². The molecule has 1 amide bonds. The van der Waals surface area contributed by atoms with E-state index in [-0.39, 0.29) is 23.5 Å². The standard InChI is InChI=1S/C18H21N5O5S/c24-18(15-4-3-5-16(14-15)23(25)26)20-8-13-29(27,28)22-11-9-21(10-12-22)17-6-1-2-7-19-17/h1-7,14H,8-13H2,(H,20,24). The highest BCUT2D eigenvalue weighted by Gasteiger charge is 2.27. The fraction of sp³-hybridized carbons (Fsp3) is 0.333. The van der Waals surface area contributed by atoms with Crippen LogP contribution < -0.4 is 10.2 Å². The van der Waals surface area contributed by atoms with E-state index in [1.807, 2.05) is 23.1 Å². The second-order valence-corrected chi connectivity index (χ2v) is 8.54. The predicted molar refractivity (Wildman–Crippen MR) is 107 cm³/mol. The first-order chi connectivity index (χ1) is 13.9. The third kappa shape index (κ3) is 5.27. The maximum atomic E-state index is 12.5. The number of pyridine rings is 1. The van der Waals surface area contributed by atoms with Crippen molar-refractivity contribution in [3.05, 3.63) is 64.3 Å². The zero-order chi connectivity index (χ0) is 20.9. The SMILES string of the molecule is O=C(NCCS(=O)(=O)N1CCN(c2ccccn2)CC1)c1cccc([N+](=O)[O-])c1. The molecular formula is C18H21N5O5S. The highest BCUT2D eigenvalue weighted by molar-refractivity contribution is 7.89. The number of hydrogen-bond acceptors (Lipinski definition) is 7. The molecule has 0 aliphatic carbocycles. The van der Waals surface area contributed by atoms with Gasteiger partial charge in [0.2, 0.25) is 10.0 Å². The Morgan fingerprint density at radius 1 is 1.14 bits per heavy atom. The fourth-order valence-corrected chi connectivity index (χ4v) is 4.36. The number of nitro groups is 1. The van der Waals surface area contributed by atoms with E-state index in [2.05, 4.69) is 10.3 Å². The summed E-state index contributed by atoms with van der Waals surface area (Å²) in [7, 11) is -3.53. The Balaban J connectivity index is 1.50. The number of non-ortho nitro benzene ring substituents is 1. The second kappa shape index (κ2) is 8.97. The monoisotopic (exact) mass is 419 g/mol. The lowest BCUT2D eigenvalue weighted by molar-refractivity contribution is -0.384. The summed E-state index contributed by atoms with van der Waals surface area (Å²) in [6.45, 7) is 1.69. The van der Waals surface area contributed by atoms with Crippen molar-refractivity contribution in [2.45, 2.75) is 0 Å². The van der Waals surface area contributed by atoms with Crippen LogP contribution in [0.3, 0.4) is 0 Å². The molecule has 1 aromatic heterocycles. The molecular weight excluding hydrogens is 398 g/mol. The molecule has 2 heterocycles. The summed E-state index contributed by atoms with van der Waals surface area (Å²) < 4.78 is 26.5. The summed E-state index contributed by atoms with van der Waals surface area (Å²) in [6.07, 6.45) is 1.70. The molecule has 154 valence electrons. The summed E-state index contributed by atoms with van der Waals surface area (Å²) in [5, 5.41) is 13.3. The Labute approximate surface area is 168 Å². The van der Waals surface area contributed by atoms with Crippen molar-refractivity contribution in [1.82, 2.24) is 14.6 Å². The third-order valence-electron chi connectivity index (χ3n) is 4.57. The van der Waals surface area contributed by atoms with Gasteiger partial charge >= 0.3 is 0 Å². The number of nitro benzene ring substituents is 1. The van der Waals surface area contributed by atoms with E-state index in [0.29, 0.717) is 26.2 Å². The Hall–Kier alpha value is -3.05. The Kier molecular flexibility index (Phi) is 6.39. The molecule has 0 bridgehead atoms. The Morgan fingerprint density at radius 2 is 1.90 bits per heavy atom. The van der Waals surface area contributed by atoms with Gasteiger partial charge < -0.3 is 10.2 Å². The lowest BCUT2D eigenvalue weighted by Crippen LogP contribution is -2.50. The van der Waals surface area contributed by atoms with Gasteiger partial charge in [-0.1, -0.05) is 12.1 Å². The van der Waals surface area contributed by atoms with E-state index >= 15 is 0 Å². The molecule has 11 heteroatoms. The van der Waals surface area contributed by atoms with Gasteiger partial charge in [0, 0.05) is 56.6 Å². The number of nitrogens with zero attached hydrogens (tertiary/aromatic N) is 4. The first kappa shape index (κ1) is 20.7. The zero-order valence-corrected chi connectivity index (χ0v) is 16.4. The summed E-state index contributed by atoms with van der Waals surface area (Å²) in [4.78, 5) is 28.6. The van der Waals surface area contributed by atoms with Crippen LogP contribution in [0.1, 0.15) is 10.4 Å². The van der Waals surface area contributed by atoms with Crippen molar-refractivity contribution in [1.29, 1.82) is 0 Å². The summed E-state index contributed by atoms with van der Waals surface area (Å²) in [5.74, 6) is 0.0229. The quantitative estimate of drug-likeness (QED) is 0.521. The number of rotatable bonds is 7. The first-order valence-electron chi connectivity index (χ1n) is 9.03. The Morgan fingerprint density at radius 3 is 2.55 bits per heavy atom. The number of aromatic nitrogens is 1. The van der Waals surface area contributed by atoms with Gasteiger partial charge in [-0.15, -0.1) is 0 Å². The van der Waals surface area contributed by atoms with Crippen LogP contribution in [0.2, 0.25) is 0 Å². The minimum atomic E-state index is -3.53. The summed E-state index contributed by atoms with van der Waals surface area (Å²) >= 11 is 0. The second-order valence-electron chi connectivity index (χ2n) is 6.45. The number of anilines is 1. The molecule has 0 spiro atoms. The van der Waals surface area contributed by atoms with Crippen molar-refractivity contribution in [2.75, 3.05) is 43.4 Å². The fourth-order valence-electron chi connectivity index (χ4n) is 3.02. The van der Waals surface area contributed by atoms with Gasteiger partial charge in [-0.2, -0.15) is 4.31 Å². The summed E-state index contributed by atoms with van der Waals surface area (Å²) in [6, 6.07) is 10.9. The van der Waals surface area contributed by atoms with Gasteiger partial charge in [-0.05, 0) is 18.2 Å². The highest BCUT2D eigenvalue weighted by Crippen LogP contribution is 2.15. The first-order valence-corrected chi connectivity index (χ1v) is 10.6. The largest absolute Gasteiger partial charge is 0.354 e. The molecule has 1 aliphatic heterocycles. The van der Waals surface area contributed by atoms with Crippen molar-refractivity contribution in [3.63, 3.8) is 0 Å². The zero-order valence-electron chi connectivity index (χ0n) is 15.6. The van der Waals surface area contributed by atoms with Gasteiger partial charge in [0.1, 0.15) is 5.82 Å². The van der Waals surface area contributed by atoms with Gasteiger partial charge in [-0.25, -0.2) is 13.4 Å². The van der Waals surface area contributed by atoms with Gasteiger partial charge in [-0.3, -0.25) is 14.9 Å². The van der Waals surface area contributed by atoms with E-state index < -0.39 is 20.9 Å². The van der Waals surface area contributed by atoms with Gasteiger partial charge in [0.05, 0.1) is 10.7 Å². The van der Waals surface area contributed by atoms with Crippen molar-refractivity contribution in [3.8, 4) is 0 Å². The van der Waals surface area contributed by atoms with E-state index in [9.17, 15) is 23.3 Å². The maximum Gasteiger partial charge on any atom is 0.270 e. The van der Waals surface area contributed by atoms with E-state index in [1.165, 1.54) is 22.5 Å². The number of hydrogen-bond donors (Lipinski definition) is 1. The molecule has 1 aliphatic rings. The molecule has 1 aromatic carbocycles. The number of benzene rings is 1. The van der Waals surface area contributed by atoms with Crippen LogP contribution in [0.25, 0.3) is 0 Å². The normalized spacial score (nSPS) is 15.1. The van der Waals surface area contributed by atoms with Crippen LogP contribution in [0, 0.1) is 10.1 Å². The smallest absolute Gasteiger partial charge is 0.270 e. The third-order valence-corrected chi connectivity index (χ3v) is 6.44. The lowest BCUT2D eigenvalue weighted by atomic mass is 10.2. The average Bonchev–Trinajstić information content (AvgIpc) is 2.74. The number of nitrogens with one attached hydrogen (secondary N) is 1. The number of sulfonamides is 1. The van der Waals surface area contributed by atoms with E-state index in [4.69, 9.17) is 0 Å². The number of amides is 1. The highest BCUT2D eigenvalue weighted by atomic mass is 32.2. The number of carbonyl (C=O) groups excluding carboxylic acids is 1. The van der Waals surface area contributed by atoms with Crippen molar-refractivity contribution >= 4 is 27.4 Å². The molecule has 0 saturated carbocycles. The average molecular weight is 419 g/mol. The molecule has 1 fully saturated rings. The Bertz CT molecular complexity index is 975. The van der Waals surface area contributed by atoms with Crippen LogP contribution in [0.5, 0.6) is 0 Å². The van der Waals surface area contributed by atoms with E-state index in [0.717, 1.165) is 11.9 Å². The topological polar surface area (TPSA) is 126 Å². The van der Waals surface area contributed by atoms with Crippen LogP contribution in [0.4, 0.5) is 11.5 Å². The van der Waals surface area contributed by atoms with Crippen molar-refractivity contribution < 1.29 is 18.1 Å². The predicted octanol–water partition coefficient (Wildman–Crippen LogP) is 0.872. The minimum absolute atomic E-state index is 0.0791. The van der Waals surface area contributed by atoms with Crippen molar-refractivity contribution in [2.24, 2.45) is 0 Å². The number of piperazine rings is 1.